The molecule has 122 valence electrons. The molecule has 0 aromatic heterocycles. The highest BCUT2D eigenvalue weighted by atomic mass is 28.4. The predicted octanol–water partition coefficient (Wildman–Crippen LogP) is 6.83. The first-order valence-corrected chi connectivity index (χ1v) is 10.8. The molecule has 0 aromatic rings. The summed E-state index contributed by atoms with van der Waals surface area (Å²) in [6.07, 6.45) is 3.49. The molecule has 0 N–H and O–H groups in total. The minimum atomic E-state index is -1.81. The third-order valence-corrected chi connectivity index (χ3v) is 11.5. The Morgan fingerprint density at radius 3 is 1.95 bits per heavy atom. The van der Waals surface area contributed by atoms with E-state index in [2.05, 4.69) is 62.0 Å². The zero-order valence-electron chi connectivity index (χ0n) is 15.5. The molecular formula is C19H36OSi. The maximum atomic E-state index is 6.93. The van der Waals surface area contributed by atoms with Gasteiger partial charge in [-0.3, -0.25) is 0 Å². The van der Waals surface area contributed by atoms with E-state index in [0.29, 0.717) is 22.5 Å². The fraction of sp³-hybridized carbons (Fsp3) is 0.789. The number of rotatable bonds is 6. The minimum absolute atomic E-state index is 0.613. The van der Waals surface area contributed by atoms with Crippen LogP contribution in [0.4, 0.5) is 0 Å². The Morgan fingerprint density at radius 1 is 1.10 bits per heavy atom. The Hall–Kier alpha value is -0.503. The third-order valence-electron chi connectivity index (χ3n) is 5.48. The molecule has 0 aromatic carbocycles. The van der Waals surface area contributed by atoms with Crippen LogP contribution in [-0.4, -0.2) is 8.32 Å². The van der Waals surface area contributed by atoms with Gasteiger partial charge in [0.05, 0.1) is 5.76 Å². The van der Waals surface area contributed by atoms with Crippen LogP contribution in [0.3, 0.4) is 0 Å². The summed E-state index contributed by atoms with van der Waals surface area (Å²) in [5.41, 5.74) is 4.72. The lowest BCUT2D eigenvalue weighted by Gasteiger charge is -2.44. The molecule has 0 fully saturated rings. The molecule has 0 saturated heterocycles. The van der Waals surface area contributed by atoms with E-state index in [1.54, 1.807) is 0 Å². The summed E-state index contributed by atoms with van der Waals surface area (Å²) in [6.45, 7) is 22.8. The Kier molecular flexibility index (Phi) is 6.33. The fourth-order valence-electron chi connectivity index (χ4n) is 4.15. The fourth-order valence-corrected chi connectivity index (χ4v) is 9.54. The zero-order valence-corrected chi connectivity index (χ0v) is 16.5. The lowest BCUT2D eigenvalue weighted by atomic mass is 9.85. The minimum Gasteiger partial charge on any atom is -0.546 e. The maximum Gasteiger partial charge on any atom is 0.258 e. The number of hydrogen-bond donors (Lipinski definition) is 0. The van der Waals surface area contributed by atoms with Crippen LogP contribution >= 0.6 is 0 Å². The van der Waals surface area contributed by atoms with Gasteiger partial charge in [-0.2, -0.15) is 0 Å². The average molecular weight is 309 g/mol. The van der Waals surface area contributed by atoms with Crippen LogP contribution < -0.4 is 0 Å². The van der Waals surface area contributed by atoms with E-state index in [1.807, 2.05) is 0 Å². The summed E-state index contributed by atoms with van der Waals surface area (Å²) < 4.78 is 6.93. The van der Waals surface area contributed by atoms with Gasteiger partial charge in [0.1, 0.15) is 0 Å². The molecule has 1 atom stereocenters. The monoisotopic (exact) mass is 308 g/mol. The Bertz CT molecular complexity index is 382. The smallest absolute Gasteiger partial charge is 0.258 e. The summed E-state index contributed by atoms with van der Waals surface area (Å²) in [4.78, 5) is 0. The van der Waals surface area contributed by atoms with Crippen LogP contribution in [0.25, 0.3) is 0 Å². The van der Waals surface area contributed by atoms with E-state index in [0.717, 1.165) is 6.42 Å². The van der Waals surface area contributed by atoms with Crippen molar-refractivity contribution in [3.8, 4) is 0 Å². The molecule has 2 heteroatoms. The van der Waals surface area contributed by atoms with Gasteiger partial charge in [0, 0.05) is 6.42 Å². The highest BCUT2D eigenvalue weighted by molar-refractivity contribution is 6.77. The van der Waals surface area contributed by atoms with Crippen molar-refractivity contribution in [2.45, 2.75) is 91.3 Å². The first-order chi connectivity index (χ1) is 9.62. The van der Waals surface area contributed by atoms with Crippen molar-refractivity contribution >= 4 is 8.32 Å². The van der Waals surface area contributed by atoms with Crippen LogP contribution in [-0.2, 0) is 4.43 Å². The summed E-state index contributed by atoms with van der Waals surface area (Å²) in [5.74, 6) is 1.92. The average Bonchev–Trinajstić information content (AvgIpc) is 2.35. The second-order valence-corrected chi connectivity index (χ2v) is 13.3. The molecule has 0 saturated carbocycles. The van der Waals surface area contributed by atoms with Crippen LogP contribution in [0.1, 0.15) is 74.7 Å². The van der Waals surface area contributed by atoms with Crippen LogP contribution in [0.5, 0.6) is 0 Å². The van der Waals surface area contributed by atoms with Gasteiger partial charge in [0.15, 0.2) is 0 Å². The Morgan fingerprint density at radius 2 is 1.57 bits per heavy atom. The molecule has 0 bridgehead atoms. The van der Waals surface area contributed by atoms with E-state index < -0.39 is 8.32 Å². The van der Waals surface area contributed by atoms with Crippen molar-refractivity contribution in [1.82, 2.24) is 0 Å². The highest BCUT2D eigenvalue weighted by Gasteiger charge is 2.47. The Balaban J connectivity index is 3.10. The standard InChI is InChI=1S/C19H36OSi/c1-13(2)18-11-10-17(9)19(12-18)20-21(14(3)4,15(5)6)16(7)8/h14-16,18H,1,10-12H2,2-9H3/t18-/m0/s1. The first-order valence-electron chi connectivity index (χ1n) is 8.65. The van der Waals surface area contributed by atoms with E-state index in [9.17, 15) is 0 Å². The van der Waals surface area contributed by atoms with E-state index in [1.165, 1.54) is 29.7 Å². The molecule has 0 unspecified atom stereocenters. The normalized spacial score (nSPS) is 20.6. The van der Waals surface area contributed by atoms with Gasteiger partial charge in [-0.25, -0.2) is 0 Å². The molecule has 0 heterocycles. The number of allylic oxidation sites excluding steroid dienone is 3. The van der Waals surface area contributed by atoms with Gasteiger partial charge in [-0.1, -0.05) is 53.7 Å². The maximum absolute atomic E-state index is 6.93. The quantitative estimate of drug-likeness (QED) is 0.386. The van der Waals surface area contributed by atoms with Crippen LogP contribution in [0, 0.1) is 5.92 Å². The summed E-state index contributed by atoms with van der Waals surface area (Å²) in [6, 6.07) is 0. The summed E-state index contributed by atoms with van der Waals surface area (Å²) >= 11 is 0. The van der Waals surface area contributed by atoms with Crippen molar-refractivity contribution in [2.24, 2.45) is 5.92 Å². The van der Waals surface area contributed by atoms with Gasteiger partial charge >= 0.3 is 0 Å². The highest BCUT2D eigenvalue weighted by Crippen LogP contribution is 2.46. The molecule has 21 heavy (non-hydrogen) atoms. The largest absolute Gasteiger partial charge is 0.546 e. The molecule has 0 radical (unpaired) electrons. The topological polar surface area (TPSA) is 9.23 Å². The second kappa shape index (κ2) is 7.17. The van der Waals surface area contributed by atoms with Gasteiger partial charge in [0.2, 0.25) is 0 Å². The second-order valence-electron chi connectivity index (χ2n) is 7.91. The summed E-state index contributed by atoms with van der Waals surface area (Å²) in [5, 5.41) is 0. The number of hydrogen-bond acceptors (Lipinski definition) is 1. The molecule has 1 aliphatic rings. The van der Waals surface area contributed by atoms with E-state index in [-0.39, 0.29) is 0 Å². The van der Waals surface area contributed by atoms with Gasteiger partial charge in [-0.15, -0.1) is 0 Å². The van der Waals surface area contributed by atoms with Crippen molar-refractivity contribution in [3.63, 3.8) is 0 Å². The molecule has 1 aliphatic carbocycles. The van der Waals surface area contributed by atoms with Gasteiger partial charge in [-0.05, 0) is 54.8 Å². The summed E-state index contributed by atoms with van der Waals surface area (Å²) in [7, 11) is -1.81. The lowest BCUT2D eigenvalue weighted by molar-refractivity contribution is 0.311. The predicted molar refractivity (Wildman–Crippen MR) is 97.0 cm³/mol. The SMILES string of the molecule is C=C(C)[C@H]1CCC(C)=C(O[Si](C(C)C)(C(C)C)C(C)C)C1. The van der Waals surface area contributed by atoms with E-state index >= 15 is 0 Å². The lowest BCUT2D eigenvalue weighted by Crippen LogP contribution is -2.48. The molecule has 0 aliphatic heterocycles. The molecule has 1 rings (SSSR count). The van der Waals surface area contributed by atoms with E-state index in [4.69, 9.17) is 4.43 Å². The van der Waals surface area contributed by atoms with Gasteiger partial charge < -0.3 is 4.43 Å². The molecule has 0 amide bonds. The van der Waals surface area contributed by atoms with Crippen molar-refractivity contribution in [2.75, 3.05) is 0 Å². The van der Waals surface area contributed by atoms with Crippen LogP contribution in [0.2, 0.25) is 16.6 Å². The van der Waals surface area contributed by atoms with Gasteiger partial charge in [0.25, 0.3) is 8.32 Å². The third kappa shape index (κ3) is 3.83. The van der Waals surface area contributed by atoms with Crippen molar-refractivity contribution < 1.29 is 4.43 Å². The Labute approximate surface area is 134 Å². The molecular weight excluding hydrogens is 272 g/mol. The van der Waals surface area contributed by atoms with Crippen LogP contribution in [0.15, 0.2) is 23.5 Å². The zero-order chi connectivity index (χ0) is 16.4. The van der Waals surface area contributed by atoms with Crippen molar-refractivity contribution in [1.29, 1.82) is 0 Å². The molecule has 1 nitrogen and oxygen atoms in total. The first kappa shape index (κ1) is 18.5. The van der Waals surface area contributed by atoms with Crippen molar-refractivity contribution in [3.05, 3.63) is 23.5 Å². The molecule has 0 spiro atoms.